The number of nitrogens with one attached hydrogen (secondary N) is 2. The van der Waals surface area contributed by atoms with E-state index < -0.39 is 32.7 Å². The SMILES string of the molecule is O=C(NCCCC(O)(P(=O)(O)O)P(=O)(O)O)N[N+](=O)CCCl.[H-].[H-].[H-].[Na+].[Na+].[Na+]. The molecule has 0 spiro atoms. The summed E-state index contributed by atoms with van der Waals surface area (Å²) in [5.41, 5.74) is 1.81. The van der Waals surface area contributed by atoms with Crippen LogP contribution in [0.2, 0.25) is 0 Å². The van der Waals surface area contributed by atoms with Crippen LogP contribution in [0.3, 0.4) is 0 Å². The van der Waals surface area contributed by atoms with Gasteiger partial charge in [-0.1, -0.05) is 5.43 Å². The predicted octanol–water partition coefficient (Wildman–Crippen LogP) is -9.65. The monoisotopic (exact) mass is 456 g/mol. The molecule has 2 amide bonds. The molecule has 0 aromatic rings. The van der Waals surface area contributed by atoms with Gasteiger partial charge in [0.05, 0.1) is 10.8 Å². The van der Waals surface area contributed by atoms with E-state index in [0.717, 1.165) is 0 Å². The summed E-state index contributed by atoms with van der Waals surface area (Å²) in [4.78, 5) is 57.7. The number of hydrogen-bond donors (Lipinski definition) is 7. The standard InChI is InChI=1S/C7H16ClN3O9P2.3Na.3H/c8-3-5-11(14)10-6(12)9-4-1-2-7(13,21(15,16)17)22(18,19)20;;;;;;/h13H,1-5H2,(H5-,9,10,12,14,15,16,17,18,19,20);;;;;;/q;3*+1;3*-1/p+1. The van der Waals surface area contributed by atoms with Crippen molar-refractivity contribution in [2.24, 2.45) is 0 Å². The van der Waals surface area contributed by atoms with Crippen LogP contribution in [0.25, 0.3) is 0 Å². The largest absolute Gasteiger partial charge is 1.00 e. The Labute approximate surface area is 219 Å². The summed E-state index contributed by atoms with van der Waals surface area (Å²) < 4.78 is 22.1. The summed E-state index contributed by atoms with van der Waals surface area (Å²) in [7, 11) is -11.0. The fourth-order valence-electron chi connectivity index (χ4n) is 1.27. The normalized spacial score (nSPS) is 11.3. The number of carbonyl (C=O) groups is 1. The maximum atomic E-state index is 11.2. The molecule has 12 nitrogen and oxygen atoms in total. The minimum Gasteiger partial charge on any atom is -1.00 e. The van der Waals surface area contributed by atoms with E-state index in [1.165, 1.54) is 0 Å². The minimum absolute atomic E-state index is 0. The van der Waals surface area contributed by atoms with Crippen LogP contribution in [0.5, 0.6) is 0 Å². The van der Waals surface area contributed by atoms with Crippen LogP contribution >= 0.6 is 26.8 Å². The average Bonchev–Trinajstić information content (AvgIpc) is 2.31. The van der Waals surface area contributed by atoms with E-state index in [1.807, 2.05) is 5.43 Å². The van der Waals surface area contributed by atoms with E-state index in [1.54, 1.807) is 0 Å². The van der Waals surface area contributed by atoms with Crippen LogP contribution in [-0.2, 0) is 9.13 Å². The van der Waals surface area contributed by atoms with Crippen LogP contribution in [0.4, 0.5) is 4.79 Å². The number of urea groups is 1. The van der Waals surface area contributed by atoms with Crippen molar-refractivity contribution in [1.82, 2.24) is 10.7 Å². The van der Waals surface area contributed by atoms with Gasteiger partial charge >= 0.3 is 110 Å². The molecule has 0 aliphatic rings. The van der Waals surface area contributed by atoms with Crippen molar-refractivity contribution in [1.29, 1.82) is 0 Å². The number of halogens is 1. The molecule has 0 saturated carbocycles. The number of hydrazine groups is 1. The van der Waals surface area contributed by atoms with Gasteiger partial charge in [0.1, 0.15) is 4.87 Å². The molecule has 0 aliphatic carbocycles. The van der Waals surface area contributed by atoms with Crippen molar-refractivity contribution in [3.8, 4) is 0 Å². The zero-order valence-electron chi connectivity index (χ0n) is 17.1. The van der Waals surface area contributed by atoms with Crippen molar-refractivity contribution >= 4 is 32.8 Å². The molecule has 0 unspecified atom stereocenters. The number of nitroso groups, excluding NO2 is 1. The van der Waals surface area contributed by atoms with E-state index in [2.05, 4.69) is 5.32 Å². The Kier molecular flexibility index (Phi) is 21.3. The summed E-state index contributed by atoms with van der Waals surface area (Å²) in [6.07, 6.45) is -1.33. The van der Waals surface area contributed by atoms with Crippen LogP contribution in [0, 0.1) is 4.91 Å². The molecule has 7 N–H and O–H groups in total. The van der Waals surface area contributed by atoms with Crippen molar-refractivity contribution in [3.63, 3.8) is 0 Å². The number of alkyl halides is 1. The van der Waals surface area contributed by atoms with Gasteiger partial charge in [-0.15, -0.1) is 11.6 Å². The average molecular weight is 457 g/mol. The summed E-state index contributed by atoms with van der Waals surface area (Å²) in [5, 5.41) is 8.11. The van der Waals surface area contributed by atoms with Crippen LogP contribution < -0.4 is 99.4 Å². The Morgan fingerprint density at radius 3 is 1.92 bits per heavy atom. The molecule has 0 aromatic heterocycles. The third-order valence-electron chi connectivity index (χ3n) is 2.42. The zero-order valence-corrected chi connectivity index (χ0v) is 22.7. The molecule has 18 heteroatoms. The quantitative estimate of drug-likeness (QED) is 0.0440. The summed E-state index contributed by atoms with van der Waals surface area (Å²) in [5.74, 6) is -0.0264. The second-order valence-electron chi connectivity index (χ2n) is 4.12. The van der Waals surface area contributed by atoms with Crippen molar-refractivity contribution in [2.75, 3.05) is 19.0 Å². The second-order valence-corrected chi connectivity index (χ2v) is 8.51. The van der Waals surface area contributed by atoms with Crippen molar-refractivity contribution in [2.45, 2.75) is 17.9 Å². The first-order chi connectivity index (χ1) is 9.85. The predicted molar refractivity (Wildman–Crippen MR) is 77.4 cm³/mol. The number of aliphatic hydroxyl groups is 1. The van der Waals surface area contributed by atoms with Crippen LogP contribution in [0.15, 0.2) is 0 Å². The summed E-state index contributed by atoms with van der Waals surface area (Å²) in [6.45, 7) is -0.478. The molecule has 0 heterocycles. The van der Waals surface area contributed by atoms with Gasteiger partial charge in [-0.2, -0.15) is 0 Å². The van der Waals surface area contributed by atoms with Crippen LogP contribution in [-0.4, -0.2) is 59.6 Å². The Morgan fingerprint density at radius 1 is 1.12 bits per heavy atom. The van der Waals surface area contributed by atoms with E-state index >= 15 is 0 Å². The van der Waals surface area contributed by atoms with Gasteiger partial charge in [-0.3, -0.25) is 9.13 Å². The van der Waals surface area contributed by atoms with E-state index in [9.17, 15) is 23.9 Å². The number of amides is 2. The maximum Gasteiger partial charge on any atom is 1.00 e. The van der Waals surface area contributed by atoms with Gasteiger partial charge in [0.25, 0.3) is 5.08 Å². The fraction of sp³-hybridized carbons (Fsp3) is 0.857. The molecule has 0 aliphatic heterocycles. The third kappa shape index (κ3) is 12.6. The second kappa shape index (κ2) is 15.3. The van der Waals surface area contributed by atoms with Crippen molar-refractivity contribution in [3.05, 3.63) is 4.91 Å². The fourth-order valence-corrected chi connectivity index (χ4v) is 3.68. The molecule has 0 bridgehead atoms. The van der Waals surface area contributed by atoms with E-state index in [0.29, 0.717) is 0 Å². The van der Waals surface area contributed by atoms with Crippen LogP contribution in [0.1, 0.15) is 17.1 Å². The molecule has 136 valence electrons. The first-order valence-electron chi connectivity index (χ1n) is 5.74. The summed E-state index contributed by atoms with van der Waals surface area (Å²) in [6, 6.07) is -0.948. The number of carbonyl (C=O) groups excluding carboxylic acids is 1. The first-order valence-corrected chi connectivity index (χ1v) is 9.50. The Bertz CT molecular complexity index is 508. The zero-order chi connectivity index (χ0) is 17.6. The number of nitrogens with zero attached hydrogens (tertiary/aromatic N) is 1. The molecule has 25 heavy (non-hydrogen) atoms. The van der Waals surface area contributed by atoms with Gasteiger partial charge in [0.15, 0.2) is 0 Å². The van der Waals surface area contributed by atoms with Crippen molar-refractivity contribution < 1.29 is 136 Å². The number of rotatable bonds is 9. The molecule has 0 aromatic carbocycles. The minimum atomic E-state index is -5.51. The molecular weight excluding hydrogens is 436 g/mol. The van der Waals surface area contributed by atoms with Gasteiger partial charge in [0, 0.05) is 13.0 Å². The molecule has 0 saturated heterocycles. The smallest absolute Gasteiger partial charge is 1.00 e. The van der Waals surface area contributed by atoms with Gasteiger partial charge in [-0.25, -0.2) is 4.79 Å². The maximum absolute atomic E-state index is 11.2. The molecule has 0 radical (unpaired) electrons. The Hall–Kier alpha value is 2.42. The van der Waals surface area contributed by atoms with Gasteiger partial charge < -0.3 is 34.3 Å². The summed E-state index contributed by atoms with van der Waals surface area (Å²) >= 11 is 5.25. The third-order valence-corrected chi connectivity index (χ3v) is 6.47. The van der Waals surface area contributed by atoms with E-state index in [4.69, 9.17) is 31.2 Å². The van der Waals surface area contributed by atoms with Gasteiger partial charge in [-0.05, 0) is 6.42 Å². The molecule has 0 atom stereocenters. The topological polar surface area (TPSA) is 196 Å². The molecular formula is C7H20ClN3Na3O9P2+. The van der Waals surface area contributed by atoms with E-state index in [-0.39, 0.29) is 123 Å². The Morgan fingerprint density at radius 2 is 1.56 bits per heavy atom. The molecule has 0 rings (SSSR count). The Balaban J connectivity index is -0.000000147. The number of hydrogen-bond acceptors (Lipinski definition) is 5. The first kappa shape index (κ1) is 34.9. The molecule has 0 fully saturated rings. The van der Waals surface area contributed by atoms with Gasteiger partial charge in [0.2, 0.25) is 6.54 Å².